The molecule has 1 atom stereocenters. The summed E-state index contributed by atoms with van der Waals surface area (Å²) >= 11 is 0. The second-order valence-corrected chi connectivity index (χ2v) is 3.07. The van der Waals surface area contributed by atoms with Crippen LogP contribution in [0.5, 0.6) is 5.75 Å². The van der Waals surface area contributed by atoms with E-state index in [-0.39, 0.29) is 5.75 Å². The van der Waals surface area contributed by atoms with E-state index in [0.717, 1.165) is 0 Å². The van der Waals surface area contributed by atoms with Gasteiger partial charge in [0.15, 0.2) is 5.75 Å². The lowest BCUT2D eigenvalue weighted by Crippen LogP contribution is -2.22. The first kappa shape index (κ1) is 8.22. The van der Waals surface area contributed by atoms with Gasteiger partial charge in [0, 0.05) is 6.54 Å². The molecule has 0 radical (unpaired) electrons. The van der Waals surface area contributed by atoms with Crippen LogP contribution in [0.25, 0.3) is 0 Å². The number of aromatic nitrogens is 2. The second-order valence-electron chi connectivity index (χ2n) is 3.07. The molecule has 1 aliphatic heterocycles. The molecule has 1 N–H and O–H groups in total. The van der Waals surface area contributed by atoms with Gasteiger partial charge in [-0.25, -0.2) is 14.4 Å². The Kier molecular flexibility index (Phi) is 2.00. The van der Waals surface area contributed by atoms with Crippen LogP contribution >= 0.6 is 0 Å². The quantitative estimate of drug-likeness (QED) is 0.697. The lowest BCUT2D eigenvalue weighted by Gasteiger charge is -2.13. The smallest absolute Gasteiger partial charge is 0.225 e. The minimum atomic E-state index is -0.780. The van der Waals surface area contributed by atoms with Gasteiger partial charge in [-0.3, -0.25) is 0 Å². The van der Waals surface area contributed by atoms with Crippen LogP contribution in [0, 0.1) is 0 Å². The Morgan fingerprint density at radius 1 is 1.46 bits per heavy atom. The Hall–Kier alpha value is -1.39. The van der Waals surface area contributed by atoms with Crippen molar-refractivity contribution in [1.82, 2.24) is 9.97 Å². The third kappa shape index (κ3) is 1.68. The van der Waals surface area contributed by atoms with Gasteiger partial charge in [-0.05, 0) is 6.42 Å². The van der Waals surface area contributed by atoms with Gasteiger partial charge in [-0.15, -0.1) is 0 Å². The summed E-state index contributed by atoms with van der Waals surface area (Å²) in [6.07, 6.45) is 2.38. The number of alkyl halides is 1. The largest absolute Gasteiger partial charge is 0.505 e. The van der Waals surface area contributed by atoms with E-state index in [9.17, 15) is 4.39 Å². The summed E-state index contributed by atoms with van der Waals surface area (Å²) in [7, 11) is 0. The van der Waals surface area contributed by atoms with E-state index >= 15 is 0 Å². The van der Waals surface area contributed by atoms with Crippen molar-refractivity contribution in [2.45, 2.75) is 12.6 Å². The van der Waals surface area contributed by atoms with Gasteiger partial charge in [0.05, 0.1) is 18.9 Å². The lowest BCUT2D eigenvalue weighted by molar-refractivity contribution is 0.364. The number of rotatable bonds is 1. The molecule has 13 heavy (non-hydrogen) atoms. The van der Waals surface area contributed by atoms with Crippen molar-refractivity contribution < 1.29 is 9.50 Å². The van der Waals surface area contributed by atoms with E-state index < -0.39 is 6.17 Å². The third-order valence-corrected chi connectivity index (χ3v) is 2.04. The first-order valence-electron chi connectivity index (χ1n) is 4.16. The topological polar surface area (TPSA) is 49.3 Å². The minimum Gasteiger partial charge on any atom is -0.505 e. The highest BCUT2D eigenvalue weighted by atomic mass is 19.1. The van der Waals surface area contributed by atoms with E-state index in [1.807, 2.05) is 0 Å². The van der Waals surface area contributed by atoms with Gasteiger partial charge in [0.25, 0.3) is 0 Å². The van der Waals surface area contributed by atoms with Crippen LogP contribution in [0.1, 0.15) is 6.42 Å². The van der Waals surface area contributed by atoms with Gasteiger partial charge in [-0.1, -0.05) is 0 Å². The zero-order valence-electron chi connectivity index (χ0n) is 7.02. The fourth-order valence-electron chi connectivity index (χ4n) is 1.38. The Morgan fingerprint density at radius 2 is 2.15 bits per heavy atom. The number of hydrogen-bond acceptors (Lipinski definition) is 4. The molecule has 1 aliphatic rings. The summed E-state index contributed by atoms with van der Waals surface area (Å²) in [4.78, 5) is 9.55. The van der Waals surface area contributed by atoms with Crippen LogP contribution in [0.3, 0.4) is 0 Å². The molecule has 70 valence electrons. The maximum absolute atomic E-state index is 12.8. The molecule has 0 aromatic carbocycles. The first-order valence-corrected chi connectivity index (χ1v) is 4.16. The zero-order valence-corrected chi connectivity index (χ0v) is 7.02. The van der Waals surface area contributed by atoms with Gasteiger partial charge in [0.2, 0.25) is 5.95 Å². The normalized spacial score (nSPS) is 22.2. The van der Waals surface area contributed by atoms with Crippen molar-refractivity contribution in [2.75, 3.05) is 18.0 Å². The van der Waals surface area contributed by atoms with Crippen molar-refractivity contribution >= 4 is 5.95 Å². The standard InChI is InChI=1S/C8H10FN3O/c9-6-1-2-12(5-6)8-10-3-7(13)4-11-8/h3-4,6,13H,1-2,5H2. The highest BCUT2D eigenvalue weighted by molar-refractivity contribution is 5.32. The average Bonchev–Trinajstić information content (AvgIpc) is 2.53. The molecule has 1 aromatic rings. The molecule has 1 aromatic heterocycles. The molecule has 5 heteroatoms. The summed E-state index contributed by atoms with van der Waals surface area (Å²) in [5, 5.41) is 8.93. The zero-order chi connectivity index (χ0) is 9.26. The highest BCUT2D eigenvalue weighted by Gasteiger charge is 2.23. The summed E-state index contributed by atoms with van der Waals surface area (Å²) in [6, 6.07) is 0. The maximum Gasteiger partial charge on any atom is 0.225 e. The molecule has 2 heterocycles. The maximum atomic E-state index is 12.8. The Labute approximate surface area is 75.0 Å². The monoisotopic (exact) mass is 183 g/mol. The highest BCUT2D eigenvalue weighted by Crippen LogP contribution is 2.18. The molecular formula is C8H10FN3O. The molecule has 0 aliphatic carbocycles. The van der Waals surface area contributed by atoms with Crippen LogP contribution in [-0.4, -0.2) is 34.3 Å². The molecule has 0 bridgehead atoms. The molecule has 0 amide bonds. The minimum absolute atomic E-state index is 0.0275. The summed E-state index contributed by atoms with van der Waals surface area (Å²) < 4.78 is 12.8. The molecule has 4 nitrogen and oxygen atoms in total. The number of anilines is 1. The molecule has 1 fully saturated rings. The lowest BCUT2D eigenvalue weighted by atomic mass is 10.3. The molecule has 2 rings (SSSR count). The Balaban J connectivity index is 2.13. The fraction of sp³-hybridized carbons (Fsp3) is 0.500. The Bertz CT molecular complexity index is 290. The van der Waals surface area contributed by atoms with Crippen LogP contribution in [-0.2, 0) is 0 Å². The summed E-state index contributed by atoms with van der Waals surface area (Å²) in [5.41, 5.74) is 0. The Morgan fingerprint density at radius 3 is 2.69 bits per heavy atom. The van der Waals surface area contributed by atoms with Gasteiger partial charge in [-0.2, -0.15) is 0 Å². The summed E-state index contributed by atoms with van der Waals surface area (Å²) in [5.74, 6) is 0.512. The van der Waals surface area contributed by atoms with E-state index in [1.54, 1.807) is 4.90 Å². The second kappa shape index (κ2) is 3.16. The van der Waals surface area contributed by atoms with Crippen molar-refractivity contribution in [3.05, 3.63) is 12.4 Å². The molecule has 0 saturated carbocycles. The molecule has 1 unspecified atom stereocenters. The number of hydrogen-bond donors (Lipinski definition) is 1. The van der Waals surface area contributed by atoms with E-state index in [2.05, 4.69) is 9.97 Å². The van der Waals surface area contributed by atoms with Crippen molar-refractivity contribution in [3.8, 4) is 5.75 Å². The number of nitrogens with zero attached hydrogens (tertiary/aromatic N) is 3. The van der Waals surface area contributed by atoms with Crippen molar-refractivity contribution in [3.63, 3.8) is 0 Å². The van der Waals surface area contributed by atoms with E-state index in [4.69, 9.17) is 5.11 Å². The first-order chi connectivity index (χ1) is 6.25. The van der Waals surface area contributed by atoms with Gasteiger partial charge in [0.1, 0.15) is 6.17 Å². The van der Waals surface area contributed by atoms with Crippen LogP contribution in [0.15, 0.2) is 12.4 Å². The van der Waals surface area contributed by atoms with Crippen LogP contribution in [0.2, 0.25) is 0 Å². The van der Waals surface area contributed by atoms with Crippen LogP contribution < -0.4 is 4.90 Å². The third-order valence-electron chi connectivity index (χ3n) is 2.04. The fourth-order valence-corrected chi connectivity index (χ4v) is 1.38. The van der Waals surface area contributed by atoms with Crippen molar-refractivity contribution in [1.29, 1.82) is 0 Å². The van der Waals surface area contributed by atoms with Gasteiger partial charge < -0.3 is 10.0 Å². The number of halogens is 1. The van der Waals surface area contributed by atoms with E-state index in [0.29, 0.717) is 25.5 Å². The average molecular weight is 183 g/mol. The predicted molar refractivity (Wildman–Crippen MR) is 45.4 cm³/mol. The van der Waals surface area contributed by atoms with Gasteiger partial charge >= 0.3 is 0 Å². The molecule has 0 spiro atoms. The van der Waals surface area contributed by atoms with Crippen molar-refractivity contribution in [2.24, 2.45) is 0 Å². The van der Waals surface area contributed by atoms with E-state index in [1.165, 1.54) is 12.4 Å². The molecular weight excluding hydrogens is 173 g/mol. The SMILES string of the molecule is Oc1cnc(N2CCC(F)C2)nc1. The number of aromatic hydroxyl groups is 1. The predicted octanol–water partition coefficient (Wildman–Crippen LogP) is 0.730. The summed E-state index contributed by atoms with van der Waals surface area (Å²) in [6.45, 7) is 0.997. The van der Waals surface area contributed by atoms with Crippen LogP contribution in [0.4, 0.5) is 10.3 Å². The molecule has 1 saturated heterocycles.